The first-order valence-corrected chi connectivity index (χ1v) is 3.49. The molecule has 0 aliphatic heterocycles. The Kier molecular flexibility index (Phi) is 4.76. The second kappa shape index (κ2) is 5.43. The molecule has 11 heavy (non-hydrogen) atoms. The van der Waals surface area contributed by atoms with E-state index in [2.05, 4.69) is 11.1 Å². The molecule has 0 amide bonds. The van der Waals surface area contributed by atoms with Crippen LogP contribution in [-0.4, -0.2) is 13.3 Å². The van der Waals surface area contributed by atoms with Crippen LogP contribution in [0, 0.1) is 11.3 Å². The van der Waals surface area contributed by atoms with Gasteiger partial charge in [-0.1, -0.05) is 6.08 Å². The minimum absolute atomic E-state index is 0.689. The number of rotatable bonds is 2. The van der Waals surface area contributed by atoms with E-state index in [9.17, 15) is 0 Å². The van der Waals surface area contributed by atoms with E-state index in [-0.39, 0.29) is 0 Å². The Hall–Kier alpha value is -1.36. The third kappa shape index (κ3) is 4.10. The van der Waals surface area contributed by atoms with Crippen LogP contribution in [-0.2, 0) is 0 Å². The normalized spacial score (nSPS) is 13.6. The molecule has 2 nitrogen and oxygen atoms in total. The van der Waals surface area contributed by atoms with Crippen molar-refractivity contribution >= 4 is 6.21 Å². The van der Waals surface area contributed by atoms with Crippen LogP contribution in [0.2, 0.25) is 0 Å². The van der Waals surface area contributed by atoms with Crippen LogP contribution in [0.4, 0.5) is 0 Å². The van der Waals surface area contributed by atoms with Crippen LogP contribution < -0.4 is 4.99 Å². The number of hydrogen-bond acceptors (Lipinski definition) is 1. The van der Waals surface area contributed by atoms with Gasteiger partial charge in [0.1, 0.15) is 7.05 Å². The molecular weight excluding hydrogens is 136 g/mol. The van der Waals surface area contributed by atoms with Gasteiger partial charge in [0.25, 0.3) is 0 Å². The molecular formula is C9H13N2+. The van der Waals surface area contributed by atoms with E-state index in [1.54, 1.807) is 6.08 Å². The maximum absolute atomic E-state index is 8.55. The number of nitrogens with zero attached hydrogens (tertiary/aromatic N) is 1. The summed E-state index contributed by atoms with van der Waals surface area (Å²) in [4.78, 5) is 2.89. The van der Waals surface area contributed by atoms with Gasteiger partial charge in [-0.15, -0.1) is 0 Å². The summed E-state index contributed by atoms with van der Waals surface area (Å²) in [5.41, 5.74) is 1.73. The molecule has 0 aliphatic rings. The van der Waals surface area contributed by atoms with E-state index in [4.69, 9.17) is 5.26 Å². The summed E-state index contributed by atoms with van der Waals surface area (Å²) < 4.78 is 0. The molecule has 0 radical (unpaired) electrons. The van der Waals surface area contributed by atoms with E-state index >= 15 is 0 Å². The van der Waals surface area contributed by atoms with E-state index in [0.29, 0.717) is 5.57 Å². The first kappa shape index (κ1) is 9.64. The van der Waals surface area contributed by atoms with E-state index in [1.807, 2.05) is 33.2 Å². The van der Waals surface area contributed by atoms with Crippen molar-refractivity contribution < 1.29 is 4.99 Å². The molecule has 0 atom stereocenters. The van der Waals surface area contributed by atoms with Crippen molar-refractivity contribution in [2.45, 2.75) is 13.8 Å². The molecule has 0 aromatic rings. The maximum Gasteiger partial charge on any atom is 0.164 e. The van der Waals surface area contributed by atoms with Gasteiger partial charge in [0.2, 0.25) is 0 Å². The zero-order valence-corrected chi connectivity index (χ0v) is 7.18. The molecule has 2 heteroatoms. The summed E-state index contributed by atoms with van der Waals surface area (Å²) in [7, 11) is 1.83. The Bertz CT molecular complexity index is 239. The predicted octanol–water partition coefficient (Wildman–Crippen LogP) is 0.184. The summed E-state index contributed by atoms with van der Waals surface area (Å²) in [6, 6.07) is 2.08. The summed E-state index contributed by atoms with van der Waals surface area (Å²) in [5, 5.41) is 8.55. The number of hydrogen-bond donors (Lipinski definition) is 1. The molecule has 0 saturated heterocycles. The van der Waals surface area contributed by atoms with Crippen LogP contribution in [0.1, 0.15) is 13.8 Å². The average Bonchev–Trinajstić information content (AvgIpc) is 2.01. The molecule has 1 N–H and O–H groups in total. The molecule has 58 valence electrons. The second-order valence-electron chi connectivity index (χ2n) is 2.18. The van der Waals surface area contributed by atoms with Crippen LogP contribution in [0.3, 0.4) is 0 Å². The maximum atomic E-state index is 8.55. The summed E-state index contributed by atoms with van der Waals surface area (Å²) in [5.74, 6) is 0. The Balaban J connectivity index is 4.44. The van der Waals surface area contributed by atoms with E-state index in [1.165, 1.54) is 0 Å². The molecule has 0 unspecified atom stereocenters. The van der Waals surface area contributed by atoms with Crippen molar-refractivity contribution in [1.82, 2.24) is 0 Å². The lowest BCUT2D eigenvalue weighted by Gasteiger charge is -1.85. The molecule has 0 aromatic heterocycles. The Morgan fingerprint density at radius 1 is 1.55 bits per heavy atom. The third-order valence-electron chi connectivity index (χ3n) is 1.20. The lowest BCUT2D eigenvalue weighted by Crippen LogP contribution is -2.63. The summed E-state index contributed by atoms with van der Waals surface area (Å²) >= 11 is 0. The Morgan fingerprint density at radius 2 is 2.18 bits per heavy atom. The average molecular weight is 149 g/mol. The van der Waals surface area contributed by atoms with Gasteiger partial charge in [-0.3, -0.25) is 4.99 Å². The molecule has 0 aliphatic carbocycles. The van der Waals surface area contributed by atoms with Crippen LogP contribution in [0.15, 0.2) is 23.3 Å². The highest BCUT2D eigenvalue weighted by Crippen LogP contribution is 1.97. The van der Waals surface area contributed by atoms with Gasteiger partial charge in [0.15, 0.2) is 6.21 Å². The SMILES string of the molecule is C/C=C(C#N)\C=C(\C)C=[NH+]C. The quantitative estimate of drug-likeness (QED) is 0.339. The van der Waals surface area contributed by atoms with E-state index in [0.717, 1.165) is 5.57 Å². The molecule has 0 saturated carbocycles. The van der Waals surface area contributed by atoms with Crippen LogP contribution in [0.25, 0.3) is 0 Å². The van der Waals surface area contributed by atoms with Crippen LogP contribution >= 0.6 is 0 Å². The third-order valence-corrected chi connectivity index (χ3v) is 1.20. The van der Waals surface area contributed by atoms with Gasteiger partial charge in [-0.25, -0.2) is 0 Å². The minimum atomic E-state index is 0.689. The van der Waals surface area contributed by atoms with Gasteiger partial charge in [0, 0.05) is 11.1 Å². The first-order valence-electron chi connectivity index (χ1n) is 3.49. The predicted molar refractivity (Wildman–Crippen MR) is 46.1 cm³/mol. The second-order valence-corrected chi connectivity index (χ2v) is 2.18. The van der Waals surface area contributed by atoms with Crippen molar-refractivity contribution in [2.24, 2.45) is 0 Å². The van der Waals surface area contributed by atoms with Gasteiger partial charge in [0.05, 0.1) is 6.07 Å². The first-order chi connectivity index (χ1) is 5.24. The topological polar surface area (TPSA) is 37.8 Å². The molecule has 0 fully saturated rings. The minimum Gasteiger partial charge on any atom is -0.251 e. The fourth-order valence-electron chi connectivity index (χ4n) is 0.695. The zero-order valence-electron chi connectivity index (χ0n) is 7.18. The smallest absolute Gasteiger partial charge is 0.164 e. The van der Waals surface area contributed by atoms with Crippen molar-refractivity contribution in [3.8, 4) is 6.07 Å². The molecule has 0 spiro atoms. The molecule has 0 aromatic carbocycles. The molecule has 0 bridgehead atoms. The number of allylic oxidation sites excluding steroid dienone is 4. The van der Waals surface area contributed by atoms with E-state index < -0.39 is 0 Å². The Labute approximate surface area is 67.6 Å². The summed E-state index contributed by atoms with van der Waals surface area (Å²) in [6.07, 6.45) is 5.46. The fraction of sp³-hybridized carbons (Fsp3) is 0.333. The number of nitrogens with one attached hydrogen (secondary N) is 1. The summed E-state index contributed by atoms with van der Waals surface area (Å²) in [6.45, 7) is 3.79. The lowest BCUT2D eigenvalue weighted by molar-refractivity contribution is -0.413. The lowest BCUT2D eigenvalue weighted by atomic mass is 10.2. The fourth-order valence-corrected chi connectivity index (χ4v) is 0.695. The highest BCUT2D eigenvalue weighted by molar-refractivity contribution is 5.74. The number of nitriles is 1. The van der Waals surface area contributed by atoms with Gasteiger partial charge < -0.3 is 0 Å². The van der Waals surface area contributed by atoms with Gasteiger partial charge in [-0.05, 0) is 19.9 Å². The highest BCUT2D eigenvalue weighted by atomic mass is 14.6. The van der Waals surface area contributed by atoms with Crippen molar-refractivity contribution in [3.05, 3.63) is 23.3 Å². The molecule has 0 rings (SSSR count). The zero-order chi connectivity index (χ0) is 8.69. The van der Waals surface area contributed by atoms with Crippen molar-refractivity contribution in [3.63, 3.8) is 0 Å². The largest absolute Gasteiger partial charge is 0.251 e. The van der Waals surface area contributed by atoms with Crippen molar-refractivity contribution in [1.29, 1.82) is 5.26 Å². The van der Waals surface area contributed by atoms with Crippen LogP contribution in [0.5, 0.6) is 0 Å². The standard InChI is InChI=1S/C9H12N2/c1-4-9(6-10)5-8(2)7-11-3/h4-5,7H,1-3H3/p+1/b8-5-,9-4+,11-7?. The highest BCUT2D eigenvalue weighted by Gasteiger charge is 1.89. The monoisotopic (exact) mass is 149 g/mol. The molecule has 0 heterocycles. The van der Waals surface area contributed by atoms with Crippen molar-refractivity contribution in [2.75, 3.05) is 7.05 Å². The van der Waals surface area contributed by atoms with Gasteiger partial charge in [-0.2, -0.15) is 5.26 Å². The van der Waals surface area contributed by atoms with Gasteiger partial charge >= 0.3 is 0 Å². The Morgan fingerprint density at radius 3 is 2.55 bits per heavy atom.